The minimum absolute atomic E-state index is 0.221. The van der Waals surface area contributed by atoms with Crippen LogP contribution in [0.25, 0.3) is 0 Å². The molecule has 0 amide bonds. The van der Waals surface area contributed by atoms with Crippen molar-refractivity contribution in [2.24, 2.45) is 0 Å². The molecule has 0 radical (unpaired) electrons. The summed E-state index contributed by atoms with van der Waals surface area (Å²) < 4.78 is 5.16. The number of hydrogen-bond acceptors (Lipinski definition) is 2. The average Bonchev–Trinajstić information content (AvgIpc) is 2.38. The van der Waals surface area contributed by atoms with E-state index in [0.29, 0.717) is 12.8 Å². The average molecular weight is 254 g/mol. The molecule has 2 aromatic rings. The summed E-state index contributed by atoms with van der Waals surface area (Å²) in [5, 5.41) is 0. The Balaban J connectivity index is 2.01. The van der Waals surface area contributed by atoms with Crippen LogP contribution in [-0.4, -0.2) is 12.9 Å². The van der Waals surface area contributed by atoms with E-state index >= 15 is 0 Å². The Bertz CT molecular complexity index is 573. The van der Waals surface area contributed by atoms with Crippen LogP contribution < -0.4 is 4.74 Å². The lowest BCUT2D eigenvalue weighted by molar-refractivity contribution is -0.117. The molecular formula is C17H18O2. The zero-order valence-electron chi connectivity index (χ0n) is 11.3. The molecule has 0 spiro atoms. The first-order valence-corrected chi connectivity index (χ1v) is 6.37. The highest BCUT2D eigenvalue weighted by molar-refractivity contribution is 5.83. The first-order valence-electron chi connectivity index (χ1n) is 6.37. The van der Waals surface area contributed by atoms with Crippen LogP contribution in [0.2, 0.25) is 0 Å². The number of aryl methyl sites for hydroxylation is 1. The Kier molecular flexibility index (Phi) is 4.35. The summed E-state index contributed by atoms with van der Waals surface area (Å²) in [4.78, 5) is 12.1. The molecule has 2 nitrogen and oxygen atoms in total. The Morgan fingerprint density at radius 2 is 1.63 bits per heavy atom. The first-order chi connectivity index (χ1) is 9.17. The zero-order valence-corrected chi connectivity index (χ0v) is 11.3. The highest BCUT2D eigenvalue weighted by atomic mass is 16.5. The largest absolute Gasteiger partial charge is 0.497 e. The third kappa shape index (κ3) is 3.95. The van der Waals surface area contributed by atoms with Crippen molar-refractivity contribution in [1.82, 2.24) is 0 Å². The fraction of sp³-hybridized carbons (Fsp3) is 0.235. The molecule has 2 aromatic carbocycles. The van der Waals surface area contributed by atoms with Gasteiger partial charge in [0.15, 0.2) is 0 Å². The number of methoxy groups -OCH3 is 1. The minimum atomic E-state index is 0.221. The van der Waals surface area contributed by atoms with E-state index in [9.17, 15) is 4.79 Å². The van der Waals surface area contributed by atoms with E-state index in [4.69, 9.17) is 4.74 Å². The lowest BCUT2D eigenvalue weighted by atomic mass is 10.0. The van der Waals surface area contributed by atoms with E-state index < -0.39 is 0 Å². The molecule has 98 valence electrons. The summed E-state index contributed by atoms with van der Waals surface area (Å²) >= 11 is 0. The fourth-order valence-corrected chi connectivity index (χ4v) is 2.12. The predicted octanol–water partition coefficient (Wildman–Crippen LogP) is 3.36. The highest BCUT2D eigenvalue weighted by Gasteiger charge is 2.06. The second-order valence-electron chi connectivity index (χ2n) is 4.73. The maximum Gasteiger partial charge on any atom is 0.141 e. The molecule has 0 fully saturated rings. The molecule has 0 saturated carbocycles. The van der Waals surface area contributed by atoms with Gasteiger partial charge in [-0.1, -0.05) is 42.0 Å². The van der Waals surface area contributed by atoms with Gasteiger partial charge in [-0.3, -0.25) is 4.79 Å². The molecule has 0 heterocycles. The van der Waals surface area contributed by atoms with E-state index in [1.165, 1.54) is 5.56 Å². The second kappa shape index (κ2) is 6.19. The normalized spacial score (nSPS) is 10.2. The van der Waals surface area contributed by atoms with E-state index in [-0.39, 0.29) is 5.78 Å². The van der Waals surface area contributed by atoms with Crippen LogP contribution in [0.3, 0.4) is 0 Å². The molecule has 0 aliphatic carbocycles. The van der Waals surface area contributed by atoms with Crippen LogP contribution in [0, 0.1) is 6.92 Å². The second-order valence-corrected chi connectivity index (χ2v) is 4.73. The Morgan fingerprint density at radius 3 is 2.26 bits per heavy atom. The highest BCUT2D eigenvalue weighted by Crippen LogP contribution is 2.14. The van der Waals surface area contributed by atoms with Gasteiger partial charge in [0.05, 0.1) is 7.11 Å². The van der Waals surface area contributed by atoms with Crippen molar-refractivity contribution in [3.8, 4) is 5.75 Å². The predicted molar refractivity (Wildman–Crippen MR) is 76.6 cm³/mol. The van der Waals surface area contributed by atoms with Crippen molar-refractivity contribution >= 4 is 5.78 Å². The quantitative estimate of drug-likeness (QED) is 0.817. The van der Waals surface area contributed by atoms with Gasteiger partial charge in [0.25, 0.3) is 0 Å². The molecular weight excluding hydrogens is 236 g/mol. The number of ketones is 1. The van der Waals surface area contributed by atoms with Gasteiger partial charge >= 0.3 is 0 Å². The van der Waals surface area contributed by atoms with Gasteiger partial charge in [0.1, 0.15) is 11.5 Å². The van der Waals surface area contributed by atoms with Crippen LogP contribution in [0.15, 0.2) is 48.5 Å². The molecule has 0 aliphatic rings. The molecule has 0 saturated heterocycles. The van der Waals surface area contributed by atoms with Crippen molar-refractivity contribution in [3.63, 3.8) is 0 Å². The lowest BCUT2D eigenvalue weighted by Gasteiger charge is -2.05. The molecule has 0 bridgehead atoms. The van der Waals surface area contributed by atoms with Gasteiger partial charge in [0.2, 0.25) is 0 Å². The Hall–Kier alpha value is -2.09. The molecule has 2 heteroatoms. The van der Waals surface area contributed by atoms with Gasteiger partial charge in [0, 0.05) is 12.8 Å². The van der Waals surface area contributed by atoms with Crippen LogP contribution >= 0.6 is 0 Å². The van der Waals surface area contributed by atoms with Crippen molar-refractivity contribution in [2.75, 3.05) is 7.11 Å². The fourth-order valence-electron chi connectivity index (χ4n) is 2.12. The summed E-state index contributed by atoms with van der Waals surface area (Å²) in [5.41, 5.74) is 3.26. The molecule has 0 aliphatic heterocycles. The lowest BCUT2D eigenvalue weighted by Crippen LogP contribution is -2.06. The smallest absolute Gasteiger partial charge is 0.141 e. The van der Waals surface area contributed by atoms with Crippen LogP contribution in [0.5, 0.6) is 5.75 Å². The van der Waals surface area contributed by atoms with Crippen molar-refractivity contribution in [3.05, 3.63) is 65.2 Å². The maximum absolute atomic E-state index is 12.1. The first kappa shape index (κ1) is 13.3. The summed E-state index contributed by atoms with van der Waals surface area (Å²) in [7, 11) is 1.63. The molecule has 0 N–H and O–H groups in total. The monoisotopic (exact) mass is 254 g/mol. The molecule has 2 rings (SSSR count). The number of benzene rings is 2. The van der Waals surface area contributed by atoms with E-state index in [0.717, 1.165) is 16.9 Å². The van der Waals surface area contributed by atoms with Gasteiger partial charge in [-0.25, -0.2) is 0 Å². The van der Waals surface area contributed by atoms with E-state index in [1.807, 2.05) is 49.4 Å². The van der Waals surface area contributed by atoms with Crippen molar-refractivity contribution in [2.45, 2.75) is 19.8 Å². The Labute approximate surface area is 114 Å². The summed E-state index contributed by atoms with van der Waals surface area (Å²) in [6, 6.07) is 15.7. The van der Waals surface area contributed by atoms with Gasteiger partial charge in [-0.05, 0) is 30.2 Å². The maximum atomic E-state index is 12.1. The van der Waals surface area contributed by atoms with Gasteiger partial charge in [-0.15, -0.1) is 0 Å². The van der Waals surface area contributed by atoms with Crippen LogP contribution in [0.1, 0.15) is 16.7 Å². The standard InChI is InChI=1S/C17H18O2/c1-13-5-3-6-14(9-13)10-16(18)11-15-7-4-8-17(12-15)19-2/h3-9,12H,10-11H2,1-2H3. The van der Waals surface area contributed by atoms with Crippen LogP contribution in [0.4, 0.5) is 0 Å². The topological polar surface area (TPSA) is 26.3 Å². The Morgan fingerprint density at radius 1 is 1.00 bits per heavy atom. The number of carbonyl (C=O) groups excluding carboxylic acids is 1. The van der Waals surface area contributed by atoms with E-state index in [2.05, 4.69) is 6.07 Å². The number of carbonyl (C=O) groups is 1. The summed E-state index contributed by atoms with van der Waals surface area (Å²) in [6.45, 7) is 2.04. The summed E-state index contributed by atoms with van der Waals surface area (Å²) in [5.74, 6) is 1.01. The number of rotatable bonds is 5. The molecule has 0 atom stereocenters. The van der Waals surface area contributed by atoms with Crippen molar-refractivity contribution in [1.29, 1.82) is 0 Å². The number of Topliss-reactive ketones (excluding diaryl/α,β-unsaturated/α-hetero) is 1. The van der Waals surface area contributed by atoms with Crippen molar-refractivity contribution < 1.29 is 9.53 Å². The van der Waals surface area contributed by atoms with Gasteiger partial charge < -0.3 is 4.74 Å². The number of ether oxygens (including phenoxy) is 1. The molecule has 19 heavy (non-hydrogen) atoms. The number of hydrogen-bond donors (Lipinski definition) is 0. The zero-order chi connectivity index (χ0) is 13.7. The third-order valence-electron chi connectivity index (χ3n) is 3.02. The molecule has 0 unspecified atom stereocenters. The summed E-state index contributed by atoms with van der Waals surface area (Å²) in [6.07, 6.45) is 0.935. The third-order valence-corrected chi connectivity index (χ3v) is 3.02. The van der Waals surface area contributed by atoms with E-state index in [1.54, 1.807) is 7.11 Å². The molecule has 0 aromatic heterocycles. The minimum Gasteiger partial charge on any atom is -0.497 e. The van der Waals surface area contributed by atoms with Crippen LogP contribution in [-0.2, 0) is 17.6 Å². The SMILES string of the molecule is COc1cccc(CC(=O)Cc2cccc(C)c2)c1. The van der Waals surface area contributed by atoms with Gasteiger partial charge in [-0.2, -0.15) is 0 Å².